The predicted molar refractivity (Wildman–Crippen MR) is 67.6 cm³/mol. The van der Waals surface area contributed by atoms with Crippen molar-refractivity contribution in [2.24, 2.45) is 5.92 Å². The maximum Gasteiger partial charge on any atom is 0.246 e. The molecule has 0 aliphatic carbocycles. The maximum absolute atomic E-state index is 12.2. The SMILES string of the molecule is CCC1C(=O)NC(C(C)C)C(=O)N1C/C=C/Cl. The highest BCUT2D eigenvalue weighted by molar-refractivity contribution is 6.25. The average Bonchev–Trinajstić information content (AvgIpc) is 2.29. The van der Waals surface area contributed by atoms with E-state index in [1.807, 2.05) is 20.8 Å². The van der Waals surface area contributed by atoms with Gasteiger partial charge in [-0.15, -0.1) is 0 Å². The Morgan fingerprint density at radius 1 is 1.47 bits per heavy atom. The molecule has 1 saturated heterocycles. The minimum absolute atomic E-state index is 0.0267. The Kier molecular flexibility index (Phi) is 5.00. The van der Waals surface area contributed by atoms with Crippen molar-refractivity contribution in [1.82, 2.24) is 10.2 Å². The van der Waals surface area contributed by atoms with Crippen LogP contribution in [0, 0.1) is 5.92 Å². The summed E-state index contributed by atoms with van der Waals surface area (Å²) in [6.07, 6.45) is 2.29. The summed E-state index contributed by atoms with van der Waals surface area (Å²) >= 11 is 5.48. The van der Waals surface area contributed by atoms with E-state index in [0.29, 0.717) is 13.0 Å². The molecule has 0 bridgehead atoms. The summed E-state index contributed by atoms with van der Waals surface area (Å²) in [5.41, 5.74) is 1.37. The van der Waals surface area contributed by atoms with E-state index < -0.39 is 6.04 Å². The molecule has 5 heteroatoms. The molecule has 1 N–H and O–H groups in total. The van der Waals surface area contributed by atoms with E-state index in [4.69, 9.17) is 11.6 Å². The van der Waals surface area contributed by atoms with Crippen LogP contribution in [-0.4, -0.2) is 35.3 Å². The number of carbonyl (C=O) groups excluding carboxylic acids is 2. The summed E-state index contributed by atoms with van der Waals surface area (Å²) < 4.78 is 0. The zero-order valence-electron chi connectivity index (χ0n) is 10.4. The van der Waals surface area contributed by atoms with Crippen LogP contribution in [0.25, 0.3) is 0 Å². The van der Waals surface area contributed by atoms with E-state index in [9.17, 15) is 9.59 Å². The number of nitrogens with one attached hydrogen (secondary N) is 1. The third-order valence-electron chi connectivity index (χ3n) is 2.97. The summed E-state index contributed by atoms with van der Waals surface area (Å²) in [5.74, 6) is -0.0123. The second-order valence-corrected chi connectivity index (χ2v) is 4.76. The van der Waals surface area contributed by atoms with Crippen LogP contribution < -0.4 is 5.32 Å². The van der Waals surface area contributed by atoms with Crippen LogP contribution in [0.4, 0.5) is 0 Å². The molecule has 1 aliphatic heterocycles. The summed E-state index contributed by atoms with van der Waals surface area (Å²) in [4.78, 5) is 25.7. The van der Waals surface area contributed by atoms with Crippen molar-refractivity contribution in [1.29, 1.82) is 0 Å². The molecule has 2 atom stereocenters. The number of carbonyl (C=O) groups is 2. The average molecular weight is 259 g/mol. The lowest BCUT2D eigenvalue weighted by molar-refractivity contribution is -0.150. The van der Waals surface area contributed by atoms with Crippen molar-refractivity contribution in [3.8, 4) is 0 Å². The number of piperazine rings is 1. The first kappa shape index (κ1) is 14.0. The first-order valence-corrected chi connectivity index (χ1v) is 6.32. The fourth-order valence-electron chi connectivity index (χ4n) is 2.01. The molecule has 0 aromatic heterocycles. The Morgan fingerprint density at radius 2 is 2.12 bits per heavy atom. The highest BCUT2D eigenvalue weighted by Crippen LogP contribution is 2.17. The van der Waals surface area contributed by atoms with Gasteiger partial charge >= 0.3 is 0 Å². The molecule has 1 fully saturated rings. The highest BCUT2D eigenvalue weighted by atomic mass is 35.5. The van der Waals surface area contributed by atoms with Gasteiger partial charge in [-0.1, -0.05) is 38.4 Å². The van der Waals surface area contributed by atoms with Gasteiger partial charge in [0.25, 0.3) is 0 Å². The number of halogens is 1. The predicted octanol–water partition coefficient (Wildman–Crippen LogP) is 1.50. The highest BCUT2D eigenvalue weighted by Gasteiger charge is 2.39. The van der Waals surface area contributed by atoms with Gasteiger partial charge in [-0.25, -0.2) is 0 Å². The normalized spacial score (nSPS) is 25.8. The number of amides is 2. The van der Waals surface area contributed by atoms with Gasteiger partial charge in [-0.05, 0) is 12.3 Å². The monoisotopic (exact) mass is 258 g/mol. The van der Waals surface area contributed by atoms with Crippen molar-refractivity contribution in [3.63, 3.8) is 0 Å². The van der Waals surface area contributed by atoms with Crippen LogP contribution in [0.1, 0.15) is 27.2 Å². The molecule has 17 heavy (non-hydrogen) atoms. The molecule has 1 heterocycles. The van der Waals surface area contributed by atoms with Crippen LogP contribution in [0.3, 0.4) is 0 Å². The first-order valence-electron chi connectivity index (χ1n) is 5.89. The molecule has 1 rings (SSSR count). The van der Waals surface area contributed by atoms with Gasteiger partial charge in [0.2, 0.25) is 11.8 Å². The van der Waals surface area contributed by atoms with Crippen LogP contribution in [0.2, 0.25) is 0 Å². The second-order valence-electron chi connectivity index (χ2n) is 4.51. The van der Waals surface area contributed by atoms with Gasteiger partial charge in [-0.2, -0.15) is 0 Å². The lowest BCUT2D eigenvalue weighted by atomic mass is 9.97. The van der Waals surface area contributed by atoms with Crippen molar-refractivity contribution >= 4 is 23.4 Å². The third-order valence-corrected chi connectivity index (χ3v) is 3.15. The third kappa shape index (κ3) is 3.00. The minimum atomic E-state index is -0.422. The van der Waals surface area contributed by atoms with E-state index in [1.54, 1.807) is 11.0 Å². The smallest absolute Gasteiger partial charge is 0.246 e. The number of nitrogens with zero attached hydrogens (tertiary/aromatic N) is 1. The van der Waals surface area contributed by atoms with Gasteiger partial charge in [-0.3, -0.25) is 9.59 Å². The zero-order valence-corrected chi connectivity index (χ0v) is 11.2. The zero-order chi connectivity index (χ0) is 13.0. The van der Waals surface area contributed by atoms with Crippen molar-refractivity contribution in [2.45, 2.75) is 39.3 Å². The summed E-state index contributed by atoms with van der Waals surface area (Å²) in [7, 11) is 0. The number of rotatable bonds is 4. The first-order chi connectivity index (χ1) is 8.02. The fourth-order valence-corrected chi connectivity index (χ4v) is 2.09. The number of hydrogen-bond acceptors (Lipinski definition) is 2. The van der Waals surface area contributed by atoms with Crippen LogP contribution in [-0.2, 0) is 9.59 Å². The standard InChI is InChI=1S/C12H19ClN2O2/c1-4-9-11(16)14-10(8(2)3)12(17)15(9)7-5-6-13/h5-6,8-10H,4,7H2,1-3H3,(H,14,16)/b6-5+. The molecular formula is C12H19ClN2O2. The Bertz CT molecular complexity index is 328. The molecule has 0 aromatic rings. The van der Waals surface area contributed by atoms with E-state index >= 15 is 0 Å². The van der Waals surface area contributed by atoms with E-state index in [-0.39, 0.29) is 23.8 Å². The quantitative estimate of drug-likeness (QED) is 0.831. The van der Waals surface area contributed by atoms with Crippen molar-refractivity contribution in [2.75, 3.05) is 6.54 Å². The van der Waals surface area contributed by atoms with Gasteiger partial charge in [0.1, 0.15) is 12.1 Å². The molecule has 0 aromatic carbocycles. The minimum Gasteiger partial charge on any atom is -0.342 e. The lowest BCUT2D eigenvalue weighted by Gasteiger charge is -2.39. The molecule has 2 amide bonds. The Labute approximate surface area is 107 Å². The fraction of sp³-hybridized carbons (Fsp3) is 0.667. The van der Waals surface area contributed by atoms with Gasteiger partial charge in [0.15, 0.2) is 0 Å². The van der Waals surface area contributed by atoms with Gasteiger partial charge in [0.05, 0.1) is 0 Å². The Balaban J connectivity index is 2.92. The topological polar surface area (TPSA) is 49.4 Å². The van der Waals surface area contributed by atoms with E-state index in [1.165, 1.54) is 5.54 Å². The largest absolute Gasteiger partial charge is 0.342 e. The second kappa shape index (κ2) is 6.05. The summed E-state index contributed by atoms with van der Waals surface area (Å²) in [5, 5.41) is 2.79. The Morgan fingerprint density at radius 3 is 2.59 bits per heavy atom. The molecular weight excluding hydrogens is 240 g/mol. The molecule has 0 radical (unpaired) electrons. The number of hydrogen-bond donors (Lipinski definition) is 1. The van der Waals surface area contributed by atoms with Crippen LogP contribution in [0.5, 0.6) is 0 Å². The van der Waals surface area contributed by atoms with Gasteiger partial charge in [0, 0.05) is 12.1 Å². The molecule has 2 unspecified atom stereocenters. The molecule has 1 aliphatic rings. The molecule has 4 nitrogen and oxygen atoms in total. The van der Waals surface area contributed by atoms with Crippen molar-refractivity contribution < 1.29 is 9.59 Å². The van der Waals surface area contributed by atoms with Crippen molar-refractivity contribution in [3.05, 3.63) is 11.6 Å². The van der Waals surface area contributed by atoms with Gasteiger partial charge < -0.3 is 10.2 Å². The summed E-state index contributed by atoms with van der Waals surface area (Å²) in [6.45, 7) is 6.12. The lowest BCUT2D eigenvalue weighted by Crippen LogP contribution is -2.64. The molecule has 0 spiro atoms. The van der Waals surface area contributed by atoms with Crippen LogP contribution in [0.15, 0.2) is 11.6 Å². The Hall–Kier alpha value is -1.03. The van der Waals surface area contributed by atoms with E-state index in [2.05, 4.69) is 5.32 Å². The maximum atomic E-state index is 12.2. The van der Waals surface area contributed by atoms with E-state index in [0.717, 1.165) is 0 Å². The molecule has 96 valence electrons. The molecule has 0 saturated carbocycles. The summed E-state index contributed by atoms with van der Waals surface area (Å²) in [6, 6.07) is -0.806. The van der Waals surface area contributed by atoms with Crippen LogP contribution >= 0.6 is 11.6 Å².